The highest BCUT2D eigenvalue weighted by molar-refractivity contribution is 7.86. The van der Waals surface area contributed by atoms with Crippen LogP contribution in [0.15, 0.2) is 59.5 Å². The molecule has 0 radical (unpaired) electrons. The van der Waals surface area contributed by atoms with Crippen molar-refractivity contribution in [3.05, 3.63) is 65.7 Å². The summed E-state index contributed by atoms with van der Waals surface area (Å²) in [7, 11) is -4.27. The summed E-state index contributed by atoms with van der Waals surface area (Å²) in [5.74, 6) is -1.07. The molecule has 5 nitrogen and oxygen atoms in total. The molecule has 0 aliphatic heterocycles. The molecule has 2 aromatic carbocycles. The summed E-state index contributed by atoms with van der Waals surface area (Å²) in [6.07, 6.45) is -1.62. The van der Waals surface area contributed by atoms with E-state index in [-0.39, 0.29) is 10.5 Å². The monoisotopic (exact) mass is 322 g/mol. The van der Waals surface area contributed by atoms with E-state index in [1.165, 1.54) is 24.3 Å². The van der Waals surface area contributed by atoms with E-state index in [1.54, 1.807) is 42.6 Å². The molecule has 0 spiro atoms. The molecule has 0 saturated carbocycles. The number of nitrogens with one attached hydrogen (secondary N) is 1. The minimum absolute atomic E-state index is 0.124. The molecular formula is C16H17NO4S. The zero-order valence-corrected chi connectivity index (χ0v) is 12.6. The van der Waals surface area contributed by atoms with Crippen molar-refractivity contribution >= 4 is 16.0 Å². The van der Waals surface area contributed by atoms with E-state index in [2.05, 4.69) is 0 Å². The van der Waals surface area contributed by atoms with Gasteiger partial charge in [0.15, 0.2) is 6.10 Å². The number of aryl methyl sites for hydroxylation is 1. The molecule has 1 N–H and O–H groups in total. The van der Waals surface area contributed by atoms with Crippen molar-refractivity contribution < 1.29 is 21.5 Å². The van der Waals surface area contributed by atoms with Gasteiger partial charge in [-0.15, -0.1) is 0 Å². The van der Waals surface area contributed by atoms with Crippen LogP contribution in [0.4, 0.5) is 0 Å². The maximum absolute atomic E-state index is 12.5. The summed E-state index contributed by atoms with van der Waals surface area (Å²) >= 11 is 0. The standard InChI is InChI=1S/C16H17NO4S/c1-12-8-10-14(11-9-12)22(19,20)21-15(16(18)17-2)13-6-4-3-5-7-13/h3-11,15H,1-2H3,(H,17,18)/i2D3. The molecule has 0 saturated heterocycles. The van der Waals surface area contributed by atoms with Gasteiger partial charge in [0.2, 0.25) is 0 Å². The average molecular weight is 322 g/mol. The Morgan fingerprint density at radius 3 is 2.36 bits per heavy atom. The SMILES string of the molecule is [2H]C([2H])([2H])NC(=O)C(OS(=O)(=O)c1ccc(C)cc1)c1ccccc1. The Kier molecular flexibility index (Phi) is 3.78. The topological polar surface area (TPSA) is 72.5 Å². The van der Waals surface area contributed by atoms with Crippen LogP contribution in [0.3, 0.4) is 0 Å². The van der Waals surface area contributed by atoms with E-state index in [0.29, 0.717) is 0 Å². The van der Waals surface area contributed by atoms with E-state index in [0.717, 1.165) is 5.56 Å². The van der Waals surface area contributed by atoms with Crippen molar-refractivity contribution in [2.45, 2.75) is 17.9 Å². The maximum Gasteiger partial charge on any atom is 0.298 e. The number of hydrogen-bond acceptors (Lipinski definition) is 4. The first-order chi connectivity index (χ1) is 11.6. The van der Waals surface area contributed by atoms with Crippen LogP contribution in [-0.2, 0) is 19.1 Å². The van der Waals surface area contributed by atoms with Crippen molar-refractivity contribution in [1.82, 2.24) is 5.32 Å². The van der Waals surface area contributed by atoms with Gasteiger partial charge in [-0.1, -0.05) is 48.0 Å². The molecule has 1 amide bonds. The van der Waals surface area contributed by atoms with Gasteiger partial charge in [-0.05, 0) is 24.6 Å². The predicted molar refractivity (Wildman–Crippen MR) is 82.7 cm³/mol. The van der Waals surface area contributed by atoms with Gasteiger partial charge >= 0.3 is 0 Å². The summed E-state index contributed by atoms with van der Waals surface area (Å²) in [4.78, 5) is 12.1. The third kappa shape index (κ3) is 3.72. The fraction of sp³-hybridized carbons (Fsp3) is 0.188. The van der Waals surface area contributed by atoms with Gasteiger partial charge in [-0.25, -0.2) is 4.18 Å². The molecule has 1 unspecified atom stereocenters. The summed E-state index contributed by atoms with van der Waals surface area (Å²) < 4.78 is 51.4. The second kappa shape index (κ2) is 6.72. The molecule has 116 valence electrons. The highest BCUT2D eigenvalue weighted by Gasteiger charge is 2.28. The van der Waals surface area contributed by atoms with Crippen LogP contribution < -0.4 is 5.32 Å². The molecule has 0 aliphatic carbocycles. The summed E-state index contributed by atoms with van der Waals surface area (Å²) in [5, 5.41) is 1.77. The van der Waals surface area contributed by atoms with Crippen molar-refractivity contribution in [3.8, 4) is 0 Å². The predicted octanol–water partition coefficient (Wildman–Crippen LogP) is 2.19. The molecular weight excluding hydrogens is 302 g/mol. The number of carbonyl (C=O) groups is 1. The molecule has 6 heteroatoms. The Bertz CT molecular complexity index is 834. The second-order valence-electron chi connectivity index (χ2n) is 4.64. The average Bonchev–Trinajstić information content (AvgIpc) is 2.52. The first kappa shape index (κ1) is 12.4. The third-order valence-electron chi connectivity index (χ3n) is 3.00. The van der Waals surface area contributed by atoms with Crippen LogP contribution in [0.1, 0.15) is 21.3 Å². The summed E-state index contributed by atoms with van der Waals surface area (Å²) in [6, 6.07) is 13.7. The lowest BCUT2D eigenvalue weighted by Crippen LogP contribution is -2.29. The number of amides is 1. The number of likely N-dealkylation sites (N-methyl/N-ethyl adjacent to an activating group) is 1. The fourth-order valence-corrected chi connectivity index (χ4v) is 2.86. The first-order valence-electron chi connectivity index (χ1n) is 7.95. The van der Waals surface area contributed by atoms with E-state index in [4.69, 9.17) is 8.30 Å². The van der Waals surface area contributed by atoms with Gasteiger partial charge in [-0.3, -0.25) is 4.79 Å². The number of rotatable bonds is 5. The Labute approximate surface area is 134 Å². The van der Waals surface area contributed by atoms with Crippen LogP contribution in [0, 0.1) is 6.92 Å². The Hall–Kier alpha value is -2.18. The van der Waals surface area contributed by atoms with Gasteiger partial charge in [-0.2, -0.15) is 8.42 Å². The van der Waals surface area contributed by atoms with E-state index in [9.17, 15) is 13.2 Å². The van der Waals surface area contributed by atoms with Crippen molar-refractivity contribution in [1.29, 1.82) is 0 Å². The lowest BCUT2D eigenvalue weighted by Gasteiger charge is -2.16. The third-order valence-corrected chi connectivity index (χ3v) is 4.29. The Balaban J connectivity index is 2.36. The Morgan fingerprint density at radius 2 is 1.77 bits per heavy atom. The molecule has 0 aliphatic rings. The summed E-state index contributed by atoms with van der Waals surface area (Å²) in [6.45, 7) is -0.963. The minimum Gasteiger partial charge on any atom is -0.357 e. The lowest BCUT2D eigenvalue weighted by molar-refractivity contribution is -0.127. The molecule has 0 heterocycles. The van der Waals surface area contributed by atoms with Crippen LogP contribution in [0.5, 0.6) is 0 Å². The zero-order valence-electron chi connectivity index (χ0n) is 14.8. The largest absolute Gasteiger partial charge is 0.357 e. The van der Waals surface area contributed by atoms with Gasteiger partial charge in [0.05, 0.1) is 4.90 Å². The zero-order chi connectivity index (χ0) is 18.7. The Morgan fingerprint density at radius 1 is 1.14 bits per heavy atom. The van der Waals surface area contributed by atoms with Gasteiger partial charge in [0, 0.05) is 11.1 Å². The highest BCUT2D eigenvalue weighted by atomic mass is 32.2. The molecule has 2 aromatic rings. The van der Waals surface area contributed by atoms with E-state index in [1.807, 2.05) is 0 Å². The number of carbonyl (C=O) groups excluding carboxylic acids is 1. The summed E-state index contributed by atoms with van der Waals surface area (Å²) in [5.41, 5.74) is 1.08. The van der Waals surface area contributed by atoms with Crippen molar-refractivity contribution in [2.75, 3.05) is 6.98 Å². The minimum atomic E-state index is -4.27. The number of hydrogen-bond donors (Lipinski definition) is 1. The van der Waals surface area contributed by atoms with E-state index >= 15 is 0 Å². The van der Waals surface area contributed by atoms with E-state index < -0.39 is 29.1 Å². The number of benzene rings is 2. The fourth-order valence-electron chi connectivity index (χ4n) is 1.83. The van der Waals surface area contributed by atoms with Crippen LogP contribution in [0.2, 0.25) is 0 Å². The van der Waals surface area contributed by atoms with Crippen molar-refractivity contribution in [2.24, 2.45) is 0 Å². The molecule has 22 heavy (non-hydrogen) atoms. The smallest absolute Gasteiger partial charge is 0.298 e. The maximum atomic E-state index is 12.5. The highest BCUT2D eigenvalue weighted by Crippen LogP contribution is 2.24. The molecule has 0 aromatic heterocycles. The quantitative estimate of drug-likeness (QED) is 0.857. The normalized spacial score (nSPS) is 15.2. The molecule has 0 bridgehead atoms. The molecule has 1 atom stereocenters. The van der Waals surface area contributed by atoms with Crippen LogP contribution in [0.25, 0.3) is 0 Å². The van der Waals surface area contributed by atoms with Gasteiger partial charge < -0.3 is 5.32 Å². The second-order valence-corrected chi connectivity index (χ2v) is 6.22. The molecule has 0 fully saturated rings. The first-order valence-corrected chi connectivity index (χ1v) is 7.86. The van der Waals surface area contributed by atoms with Crippen molar-refractivity contribution in [3.63, 3.8) is 0 Å². The van der Waals surface area contributed by atoms with Gasteiger partial charge in [0.25, 0.3) is 16.0 Å². The molecule has 2 rings (SSSR count). The van der Waals surface area contributed by atoms with Crippen LogP contribution >= 0.6 is 0 Å². The van der Waals surface area contributed by atoms with Crippen LogP contribution in [-0.4, -0.2) is 21.3 Å². The lowest BCUT2D eigenvalue weighted by atomic mass is 10.1. The van der Waals surface area contributed by atoms with Gasteiger partial charge in [0.1, 0.15) is 0 Å².